The van der Waals surface area contributed by atoms with Gasteiger partial charge in [-0.3, -0.25) is 0 Å². The SMILES string of the molecule is CC(C)CNCc1coc2c(C(C)C)cc(Br)cc12. The third-order valence-electron chi connectivity index (χ3n) is 3.24. The van der Waals surface area contributed by atoms with Crippen molar-refractivity contribution < 1.29 is 4.42 Å². The average Bonchev–Trinajstić information content (AvgIpc) is 2.71. The molecular formula is C16H22BrNO. The van der Waals surface area contributed by atoms with E-state index in [9.17, 15) is 0 Å². The predicted octanol–water partition coefficient (Wildman–Crippen LogP) is 5.06. The summed E-state index contributed by atoms with van der Waals surface area (Å²) in [6.07, 6.45) is 1.89. The zero-order valence-corrected chi connectivity index (χ0v) is 13.7. The lowest BCUT2D eigenvalue weighted by molar-refractivity contribution is 0.546. The number of benzene rings is 1. The van der Waals surface area contributed by atoms with Crippen molar-refractivity contribution in [2.75, 3.05) is 6.54 Å². The van der Waals surface area contributed by atoms with Gasteiger partial charge < -0.3 is 9.73 Å². The van der Waals surface area contributed by atoms with Crippen LogP contribution in [0.25, 0.3) is 11.0 Å². The summed E-state index contributed by atoms with van der Waals surface area (Å²) in [6.45, 7) is 10.7. The smallest absolute Gasteiger partial charge is 0.137 e. The molecule has 1 N–H and O–H groups in total. The second-order valence-corrected chi connectivity index (χ2v) is 6.73. The molecule has 0 radical (unpaired) electrons. The van der Waals surface area contributed by atoms with Gasteiger partial charge in [-0.2, -0.15) is 0 Å². The van der Waals surface area contributed by atoms with Crippen LogP contribution in [0.4, 0.5) is 0 Å². The van der Waals surface area contributed by atoms with Crippen LogP contribution in [-0.2, 0) is 6.54 Å². The van der Waals surface area contributed by atoms with Crippen molar-refractivity contribution >= 4 is 26.9 Å². The van der Waals surface area contributed by atoms with Crippen LogP contribution in [0.5, 0.6) is 0 Å². The van der Waals surface area contributed by atoms with Gasteiger partial charge in [-0.15, -0.1) is 0 Å². The molecule has 0 aliphatic carbocycles. The maximum absolute atomic E-state index is 5.79. The van der Waals surface area contributed by atoms with Crippen LogP contribution in [-0.4, -0.2) is 6.54 Å². The molecule has 2 rings (SSSR count). The first kappa shape index (κ1) is 14.6. The van der Waals surface area contributed by atoms with Crippen LogP contribution in [0.3, 0.4) is 0 Å². The molecule has 2 nitrogen and oxygen atoms in total. The third kappa shape index (κ3) is 3.40. The van der Waals surface area contributed by atoms with Crippen LogP contribution < -0.4 is 5.32 Å². The Morgan fingerprint density at radius 3 is 2.58 bits per heavy atom. The number of hydrogen-bond donors (Lipinski definition) is 1. The molecule has 2 aromatic rings. The zero-order chi connectivity index (χ0) is 14.0. The molecule has 0 aliphatic rings. The van der Waals surface area contributed by atoms with Gasteiger partial charge in [0.15, 0.2) is 0 Å². The van der Waals surface area contributed by atoms with E-state index in [1.807, 2.05) is 6.26 Å². The van der Waals surface area contributed by atoms with E-state index < -0.39 is 0 Å². The summed E-state index contributed by atoms with van der Waals surface area (Å²) in [4.78, 5) is 0. The summed E-state index contributed by atoms with van der Waals surface area (Å²) < 4.78 is 6.91. The highest BCUT2D eigenvalue weighted by Gasteiger charge is 2.13. The van der Waals surface area contributed by atoms with E-state index in [0.29, 0.717) is 11.8 Å². The molecule has 1 aromatic carbocycles. The van der Waals surface area contributed by atoms with Gasteiger partial charge in [0.05, 0.1) is 6.26 Å². The van der Waals surface area contributed by atoms with Gasteiger partial charge in [-0.05, 0) is 36.1 Å². The van der Waals surface area contributed by atoms with Crippen molar-refractivity contribution in [3.63, 3.8) is 0 Å². The van der Waals surface area contributed by atoms with E-state index in [2.05, 4.69) is 61.1 Å². The van der Waals surface area contributed by atoms with Crippen molar-refractivity contribution in [2.24, 2.45) is 5.92 Å². The Balaban J connectivity index is 2.31. The summed E-state index contributed by atoms with van der Waals surface area (Å²) in [5.41, 5.74) is 3.53. The number of nitrogens with one attached hydrogen (secondary N) is 1. The fourth-order valence-corrected chi connectivity index (χ4v) is 2.72. The Labute approximate surface area is 123 Å². The Morgan fingerprint density at radius 1 is 1.21 bits per heavy atom. The van der Waals surface area contributed by atoms with Crippen LogP contribution >= 0.6 is 15.9 Å². The molecule has 1 heterocycles. The van der Waals surface area contributed by atoms with Crippen molar-refractivity contribution in [3.05, 3.63) is 34.0 Å². The molecule has 0 amide bonds. The minimum atomic E-state index is 0.461. The Morgan fingerprint density at radius 2 is 1.95 bits per heavy atom. The lowest BCUT2D eigenvalue weighted by Crippen LogP contribution is -2.18. The van der Waals surface area contributed by atoms with E-state index in [1.165, 1.54) is 16.5 Å². The molecule has 0 bridgehead atoms. The first-order valence-electron chi connectivity index (χ1n) is 6.89. The number of rotatable bonds is 5. The number of hydrogen-bond acceptors (Lipinski definition) is 2. The highest BCUT2D eigenvalue weighted by Crippen LogP contribution is 2.32. The minimum absolute atomic E-state index is 0.461. The Bertz CT molecular complexity index is 557. The lowest BCUT2D eigenvalue weighted by atomic mass is 10.00. The summed E-state index contributed by atoms with van der Waals surface area (Å²) >= 11 is 3.60. The molecule has 104 valence electrons. The minimum Gasteiger partial charge on any atom is -0.464 e. The number of furan rings is 1. The summed E-state index contributed by atoms with van der Waals surface area (Å²) in [7, 11) is 0. The second kappa shape index (κ2) is 6.10. The second-order valence-electron chi connectivity index (χ2n) is 5.81. The first-order valence-corrected chi connectivity index (χ1v) is 7.68. The van der Waals surface area contributed by atoms with Gasteiger partial charge in [0.1, 0.15) is 5.58 Å². The molecule has 0 spiro atoms. The van der Waals surface area contributed by atoms with E-state index in [0.717, 1.165) is 23.1 Å². The first-order chi connectivity index (χ1) is 8.99. The predicted molar refractivity (Wildman–Crippen MR) is 84.5 cm³/mol. The molecule has 0 saturated heterocycles. The maximum Gasteiger partial charge on any atom is 0.137 e. The molecule has 0 unspecified atom stereocenters. The van der Waals surface area contributed by atoms with Crippen molar-refractivity contribution in [1.82, 2.24) is 5.32 Å². The zero-order valence-electron chi connectivity index (χ0n) is 12.1. The normalized spacial score (nSPS) is 11.9. The molecule has 3 heteroatoms. The van der Waals surface area contributed by atoms with Gasteiger partial charge in [-0.1, -0.05) is 43.6 Å². The maximum atomic E-state index is 5.79. The van der Waals surface area contributed by atoms with E-state index in [4.69, 9.17) is 4.42 Å². The molecule has 1 aromatic heterocycles. The van der Waals surface area contributed by atoms with Crippen LogP contribution in [0.1, 0.15) is 44.7 Å². The van der Waals surface area contributed by atoms with Crippen LogP contribution in [0.2, 0.25) is 0 Å². The van der Waals surface area contributed by atoms with Crippen molar-refractivity contribution in [3.8, 4) is 0 Å². The molecule has 0 fully saturated rings. The van der Waals surface area contributed by atoms with Gasteiger partial charge in [0.25, 0.3) is 0 Å². The Hall–Kier alpha value is -0.800. The molecule has 19 heavy (non-hydrogen) atoms. The van der Waals surface area contributed by atoms with Crippen LogP contribution in [0.15, 0.2) is 27.3 Å². The molecule has 0 atom stereocenters. The highest BCUT2D eigenvalue weighted by molar-refractivity contribution is 9.10. The summed E-state index contributed by atoms with van der Waals surface area (Å²) in [6, 6.07) is 4.30. The molecule has 0 aliphatic heterocycles. The highest BCUT2D eigenvalue weighted by atomic mass is 79.9. The quantitative estimate of drug-likeness (QED) is 0.831. The van der Waals surface area contributed by atoms with Gasteiger partial charge in [0, 0.05) is 22.0 Å². The monoisotopic (exact) mass is 323 g/mol. The molecular weight excluding hydrogens is 302 g/mol. The Kier molecular flexibility index (Phi) is 4.69. The van der Waals surface area contributed by atoms with Gasteiger partial charge in [-0.25, -0.2) is 0 Å². The summed E-state index contributed by atoms with van der Waals surface area (Å²) in [5, 5.41) is 4.69. The lowest BCUT2D eigenvalue weighted by Gasteiger charge is -2.08. The fraction of sp³-hybridized carbons (Fsp3) is 0.500. The molecule has 0 saturated carbocycles. The van der Waals surface area contributed by atoms with E-state index in [-0.39, 0.29) is 0 Å². The van der Waals surface area contributed by atoms with Gasteiger partial charge >= 0.3 is 0 Å². The van der Waals surface area contributed by atoms with E-state index in [1.54, 1.807) is 0 Å². The standard InChI is InChI=1S/C16H22BrNO/c1-10(2)7-18-8-12-9-19-16-14(11(3)4)5-13(17)6-15(12)16/h5-6,9-11,18H,7-8H2,1-4H3. The fourth-order valence-electron chi connectivity index (χ4n) is 2.24. The third-order valence-corrected chi connectivity index (χ3v) is 3.70. The van der Waals surface area contributed by atoms with Crippen molar-refractivity contribution in [1.29, 1.82) is 0 Å². The van der Waals surface area contributed by atoms with Crippen molar-refractivity contribution in [2.45, 2.75) is 40.2 Å². The average molecular weight is 324 g/mol. The summed E-state index contributed by atoms with van der Waals surface area (Å²) in [5.74, 6) is 1.12. The largest absolute Gasteiger partial charge is 0.464 e. The topological polar surface area (TPSA) is 25.2 Å². The van der Waals surface area contributed by atoms with Gasteiger partial charge in [0.2, 0.25) is 0 Å². The number of halogens is 1. The number of fused-ring (bicyclic) bond motifs is 1. The van der Waals surface area contributed by atoms with E-state index >= 15 is 0 Å². The van der Waals surface area contributed by atoms with Crippen LogP contribution in [0, 0.1) is 5.92 Å².